The molecule has 1 aliphatic heterocycles. The molecule has 2 aromatic carbocycles. The summed E-state index contributed by atoms with van der Waals surface area (Å²) >= 11 is 0. The standard InChI is InChI=1S/C41H66O10Si/c1-9-49-38(43)30-41(46-8)28-34(51-52(39(3,4)5,35-17-12-10-13-18-35)36-19-14-11-15-20-36)27-33(50-41)22-21-32(2)37(42)29-40(6,44)23-16-24-47-31-48-26-25-45-7/h10-15,17-20,32-34,37,42,44H,9,16,21-31H2,1-8H3/t32-,33+,34-,37-,40-,41+/m1/s1. The number of aliphatic hydroxyl groups excluding tert-OH is 1. The molecule has 2 aromatic rings. The van der Waals surface area contributed by atoms with Crippen molar-refractivity contribution in [3.63, 3.8) is 0 Å². The summed E-state index contributed by atoms with van der Waals surface area (Å²) in [5.41, 5.74) is -1.05. The van der Waals surface area contributed by atoms with E-state index in [9.17, 15) is 15.0 Å². The second-order valence-corrected chi connectivity index (χ2v) is 19.8. The highest BCUT2D eigenvalue weighted by molar-refractivity contribution is 6.99. The van der Waals surface area contributed by atoms with E-state index < -0.39 is 25.8 Å². The Balaban J connectivity index is 1.78. The van der Waals surface area contributed by atoms with Crippen molar-refractivity contribution < 1.29 is 47.9 Å². The molecule has 0 spiro atoms. The van der Waals surface area contributed by atoms with Crippen molar-refractivity contribution in [3.8, 4) is 0 Å². The Morgan fingerprint density at radius 3 is 2.15 bits per heavy atom. The van der Waals surface area contributed by atoms with Crippen LogP contribution in [0.15, 0.2) is 60.7 Å². The summed E-state index contributed by atoms with van der Waals surface area (Å²) in [6.45, 7) is 14.2. The molecule has 0 bridgehead atoms. The lowest BCUT2D eigenvalue weighted by atomic mass is 9.85. The summed E-state index contributed by atoms with van der Waals surface area (Å²) in [4.78, 5) is 12.9. The fraction of sp³-hybridized carbons (Fsp3) is 0.683. The Bertz CT molecular complexity index is 1250. The number of carbonyl (C=O) groups excluding carboxylic acids is 1. The lowest BCUT2D eigenvalue weighted by Crippen LogP contribution is -2.68. The Hall–Kier alpha value is -2.19. The van der Waals surface area contributed by atoms with Gasteiger partial charge in [0.1, 0.15) is 6.79 Å². The second kappa shape index (κ2) is 21.0. The van der Waals surface area contributed by atoms with Gasteiger partial charge in [0.2, 0.25) is 0 Å². The highest BCUT2D eigenvalue weighted by atomic mass is 28.4. The molecule has 1 saturated heterocycles. The van der Waals surface area contributed by atoms with Crippen molar-refractivity contribution in [3.05, 3.63) is 60.7 Å². The fourth-order valence-corrected chi connectivity index (χ4v) is 12.0. The van der Waals surface area contributed by atoms with E-state index in [-0.39, 0.29) is 55.4 Å². The molecular weight excluding hydrogens is 681 g/mol. The van der Waals surface area contributed by atoms with Gasteiger partial charge in [0.05, 0.1) is 50.2 Å². The number of rotatable bonds is 23. The molecule has 0 unspecified atom stereocenters. The van der Waals surface area contributed by atoms with Crippen LogP contribution in [0.3, 0.4) is 0 Å². The second-order valence-electron chi connectivity index (χ2n) is 15.5. The third-order valence-corrected chi connectivity index (χ3v) is 15.2. The molecule has 0 aromatic heterocycles. The first-order valence-electron chi connectivity index (χ1n) is 18.9. The number of benzene rings is 2. The zero-order valence-corrected chi connectivity index (χ0v) is 33.9. The summed E-state index contributed by atoms with van der Waals surface area (Å²) in [6.07, 6.45) is 2.26. The zero-order valence-electron chi connectivity index (χ0n) is 32.9. The van der Waals surface area contributed by atoms with Crippen LogP contribution in [0, 0.1) is 5.92 Å². The molecule has 0 saturated carbocycles. The van der Waals surface area contributed by atoms with E-state index in [0.717, 1.165) is 0 Å². The van der Waals surface area contributed by atoms with Crippen molar-refractivity contribution in [2.75, 3.05) is 47.4 Å². The van der Waals surface area contributed by atoms with E-state index in [2.05, 4.69) is 69.3 Å². The predicted octanol–water partition coefficient (Wildman–Crippen LogP) is 5.74. The van der Waals surface area contributed by atoms with Crippen LogP contribution in [0.25, 0.3) is 0 Å². The summed E-state index contributed by atoms with van der Waals surface area (Å²) in [7, 11) is 0.272. The molecule has 0 aliphatic carbocycles. The quantitative estimate of drug-likeness (QED) is 0.0630. The maximum atomic E-state index is 12.9. The first kappa shape index (κ1) is 44.2. The van der Waals surface area contributed by atoms with E-state index in [1.807, 2.05) is 19.1 Å². The van der Waals surface area contributed by atoms with Crippen molar-refractivity contribution in [2.45, 2.75) is 128 Å². The number of aliphatic hydroxyl groups is 2. The summed E-state index contributed by atoms with van der Waals surface area (Å²) < 4.78 is 41.4. The topological polar surface area (TPSA) is 122 Å². The first-order valence-corrected chi connectivity index (χ1v) is 20.8. The van der Waals surface area contributed by atoms with Gasteiger partial charge in [-0.3, -0.25) is 4.79 Å². The minimum absolute atomic E-state index is 0.0571. The van der Waals surface area contributed by atoms with Gasteiger partial charge in [-0.15, -0.1) is 0 Å². The normalized spacial score (nSPS) is 22.0. The molecular formula is C41H66O10Si. The molecule has 3 rings (SSSR count). The number of carbonyl (C=O) groups is 1. The minimum Gasteiger partial charge on any atom is -0.466 e. The highest BCUT2D eigenvalue weighted by Crippen LogP contribution is 2.43. The summed E-state index contributed by atoms with van der Waals surface area (Å²) in [6, 6.07) is 21.0. The molecule has 2 N–H and O–H groups in total. The molecule has 11 heteroatoms. The summed E-state index contributed by atoms with van der Waals surface area (Å²) in [5.74, 6) is -1.72. The fourth-order valence-electron chi connectivity index (χ4n) is 7.35. The van der Waals surface area contributed by atoms with Crippen LogP contribution in [-0.4, -0.2) is 102 Å². The molecule has 294 valence electrons. The van der Waals surface area contributed by atoms with Crippen LogP contribution in [0.4, 0.5) is 0 Å². The van der Waals surface area contributed by atoms with Crippen LogP contribution in [0.1, 0.15) is 92.9 Å². The third-order valence-electron chi connectivity index (χ3n) is 10.1. The SMILES string of the molecule is CCOC(=O)C[C@]1(OC)C[C@H](O[Si](c2ccccc2)(c2ccccc2)C(C)(C)C)C[C@H](CC[C@@H](C)[C@H](O)C[C@](C)(O)CCCOCOCCOC)O1. The largest absolute Gasteiger partial charge is 0.466 e. The summed E-state index contributed by atoms with van der Waals surface area (Å²) in [5, 5.41) is 24.4. The lowest BCUT2D eigenvalue weighted by Gasteiger charge is -2.49. The zero-order chi connectivity index (χ0) is 38.3. The third kappa shape index (κ3) is 13.0. The molecule has 0 amide bonds. The number of ether oxygens (including phenoxy) is 6. The Morgan fingerprint density at radius 2 is 1.60 bits per heavy atom. The van der Waals surface area contributed by atoms with Gasteiger partial charge < -0.3 is 43.1 Å². The first-order chi connectivity index (χ1) is 24.7. The van der Waals surface area contributed by atoms with E-state index in [1.165, 1.54) is 10.4 Å². The molecule has 1 heterocycles. The number of hydrogen-bond acceptors (Lipinski definition) is 10. The molecule has 52 heavy (non-hydrogen) atoms. The van der Waals surface area contributed by atoms with Crippen LogP contribution in [0.2, 0.25) is 5.04 Å². The minimum atomic E-state index is -2.93. The van der Waals surface area contributed by atoms with Crippen LogP contribution < -0.4 is 10.4 Å². The highest BCUT2D eigenvalue weighted by Gasteiger charge is 2.54. The van der Waals surface area contributed by atoms with Gasteiger partial charge in [0.25, 0.3) is 8.32 Å². The lowest BCUT2D eigenvalue weighted by molar-refractivity contribution is -0.286. The van der Waals surface area contributed by atoms with E-state index in [0.29, 0.717) is 58.3 Å². The van der Waals surface area contributed by atoms with Gasteiger partial charge in [-0.1, -0.05) is 88.4 Å². The van der Waals surface area contributed by atoms with Gasteiger partial charge in [0.15, 0.2) is 5.79 Å². The molecule has 1 fully saturated rings. The average Bonchev–Trinajstić information content (AvgIpc) is 3.10. The molecule has 0 radical (unpaired) electrons. The van der Waals surface area contributed by atoms with Crippen LogP contribution in [-0.2, 0) is 37.6 Å². The smallest absolute Gasteiger partial charge is 0.311 e. The van der Waals surface area contributed by atoms with E-state index in [4.69, 9.17) is 32.8 Å². The number of methoxy groups -OCH3 is 2. The number of hydrogen-bond donors (Lipinski definition) is 2. The Morgan fingerprint density at radius 1 is 0.981 bits per heavy atom. The molecule has 6 atom stereocenters. The Kier molecular flexibility index (Phi) is 17.9. The monoisotopic (exact) mass is 746 g/mol. The number of esters is 1. The average molecular weight is 747 g/mol. The molecule has 1 aliphatic rings. The van der Waals surface area contributed by atoms with E-state index >= 15 is 0 Å². The van der Waals surface area contributed by atoms with Gasteiger partial charge in [-0.2, -0.15) is 0 Å². The van der Waals surface area contributed by atoms with Gasteiger partial charge in [-0.05, 0) is 67.3 Å². The maximum absolute atomic E-state index is 12.9. The predicted molar refractivity (Wildman–Crippen MR) is 205 cm³/mol. The van der Waals surface area contributed by atoms with Gasteiger partial charge in [-0.25, -0.2) is 0 Å². The Labute approximate surface area is 313 Å². The van der Waals surface area contributed by atoms with Crippen molar-refractivity contribution in [1.29, 1.82) is 0 Å². The van der Waals surface area contributed by atoms with Gasteiger partial charge in [0, 0.05) is 33.7 Å². The van der Waals surface area contributed by atoms with Crippen LogP contribution in [0.5, 0.6) is 0 Å². The molecule has 10 nitrogen and oxygen atoms in total. The maximum Gasteiger partial charge on any atom is 0.311 e. The van der Waals surface area contributed by atoms with E-state index in [1.54, 1.807) is 28.1 Å². The van der Waals surface area contributed by atoms with Crippen molar-refractivity contribution in [1.82, 2.24) is 0 Å². The van der Waals surface area contributed by atoms with Crippen molar-refractivity contribution >= 4 is 24.7 Å². The van der Waals surface area contributed by atoms with Gasteiger partial charge >= 0.3 is 5.97 Å². The van der Waals surface area contributed by atoms with Crippen molar-refractivity contribution in [2.24, 2.45) is 5.92 Å². The van der Waals surface area contributed by atoms with Crippen LogP contribution >= 0.6 is 0 Å².